The first-order valence-electron chi connectivity index (χ1n) is 7.01. The smallest absolute Gasteiger partial charge is 0.366 e. The number of amides is 1. The molecule has 128 valence electrons. The fourth-order valence-electron chi connectivity index (χ4n) is 2.32. The second kappa shape index (κ2) is 7.34. The van der Waals surface area contributed by atoms with E-state index >= 15 is 0 Å². The number of hydrogen-bond acceptors (Lipinski definition) is 8. The average molecular weight is 321 g/mol. The van der Waals surface area contributed by atoms with Crippen LogP contribution in [0.25, 0.3) is 0 Å². The van der Waals surface area contributed by atoms with Crippen LogP contribution in [0.1, 0.15) is 27.2 Å². The van der Waals surface area contributed by atoms with Crippen molar-refractivity contribution in [1.29, 1.82) is 0 Å². The SMILES string of the molecule is CCOC(=O)C1(O)C[C@H](O)[C@@H](NC(C)=O)[C@H]([C@H](O)[C@@H](C)O)O1. The van der Waals surface area contributed by atoms with Crippen molar-refractivity contribution < 1.29 is 39.5 Å². The first-order valence-corrected chi connectivity index (χ1v) is 7.01. The molecule has 1 unspecified atom stereocenters. The van der Waals surface area contributed by atoms with Gasteiger partial charge in [0.1, 0.15) is 12.2 Å². The van der Waals surface area contributed by atoms with Crippen LogP contribution in [0.15, 0.2) is 0 Å². The molecule has 0 radical (unpaired) electrons. The van der Waals surface area contributed by atoms with Crippen LogP contribution in [0.2, 0.25) is 0 Å². The van der Waals surface area contributed by atoms with E-state index in [-0.39, 0.29) is 6.61 Å². The molecule has 0 aromatic rings. The Balaban J connectivity index is 3.06. The Bertz CT molecular complexity index is 415. The van der Waals surface area contributed by atoms with Gasteiger partial charge in [0.05, 0.1) is 24.9 Å². The molecule has 0 aliphatic carbocycles. The molecule has 9 heteroatoms. The molecule has 0 bridgehead atoms. The minimum atomic E-state index is -2.47. The van der Waals surface area contributed by atoms with Crippen LogP contribution >= 0.6 is 0 Å². The molecule has 0 saturated carbocycles. The molecule has 1 fully saturated rings. The highest BCUT2D eigenvalue weighted by Gasteiger charge is 2.54. The Morgan fingerprint density at radius 3 is 2.50 bits per heavy atom. The fourth-order valence-corrected chi connectivity index (χ4v) is 2.32. The Kier molecular flexibility index (Phi) is 6.27. The summed E-state index contributed by atoms with van der Waals surface area (Å²) in [5.41, 5.74) is 0. The first-order chi connectivity index (χ1) is 10.1. The largest absolute Gasteiger partial charge is 0.462 e. The van der Waals surface area contributed by atoms with Gasteiger partial charge in [0.2, 0.25) is 5.91 Å². The monoisotopic (exact) mass is 321 g/mol. The minimum Gasteiger partial charge on any atom is -0.462 e. The maximum absolute atomic E-state index is 11.8. The molecule has 6 atom stereocenters. The molecule has 5 N–H and O–H groups in total. The van der Waals surface area contributed by atoms with E-state index in [1.165, 1.54) is 20.8 Å². The molecule has 1 rings (SSSR count). The number of ether oxygens (including phenoxy) is 2. The maximum atomic E-state index is 11.8. The van der Waals surface area contributed by atoms with Crippen molar-refractivity contribution in [3.8, 4) is 0 Å². The molecular formula is C13H23NO8. The third-order valence-corrected chi connectivity index (χ3v) is 3.38. The highest BCUT2D eigenvalue weighted by atomic mass is 16.7. The van der Waals surface area contributed by atoms with Crippen LogP contribution in [0.5, 0.6) is 0 Å². The molecule has 22 heavy (non-hydrogen) atoms. The molecule has 1 amide bonds. The summed E-state index contributed by atoms with van der Waals surface area (Å²) in [5.74, 6) is -4.08. The van der Waals surface area contributed by atoms with Gasteiger partial charge in [-0.1, -0.05) is 0 Å². The Hall–Kier alpha value is -1.26. The lowest BCUT2D eigenvalue weighted by Gasteiger charge is -2.44. The first kappa shape index (κ1) is 18.8. The highest BCUT2D eigenvalue weighted by molar-refractivity contribution is 5.78. The number of hydrogen-bond donors (Lipinski definition) is 5. The zero-order valence-corrected chi connectivity index (χ0v) is 12.7. The van der Waals surface area contributed by atoms with Crippen LogP contribution in [-0.2, 0) is 19.1 Å². The molecule has 0 spiro atoms. The van der Waals surface area contributed by atoms with Gasteiger partial charge in [-0.3, -0.25) is 4.79 Å². The van der Waals surface area contributed by atoms with Gasteiger partial charge in [-0.05, 0) is 13.8 Å². The predicted octanol–water partition coefficient (Wildman–Crippen LogP) is -2.37. The second-order valence-electron chi connectivity index (χ2n) is 5.32. The van der Waals surface area contributed by atoms with Crippen LogP contribution in [0.3, 0.4) is 0 Å². The third kappa shape index (κ3) is 4.14. The van der Waals surface area contributed by atoms with Crippen molar-refractivity contribution in [2.24, 2.45) is 0 Å². The second-order valence-corrected chi connectivity index (χ2v) is 5.32. The van der Waals surface area contributed by atoms with Crippen LogP contribution in [0.4, 0.5) is 0 Å². The Morgan fingerprint density at radius 2 is 2.05 bits per heavy atom. The van der Waals surface area contributed by atoms with Gasteiger partial charge in [0, 0.05) is 13.3 Å². The summed E-state index contributed by atoms with van der Waals surface area (Å²) >= 11 is 0. The van der Waals surface area contributed by atoms with Crippen molar-refractivity contribution in [1.82, 2.24) is 5.32 Å². The third-order valence-electron chi connectivity index (χ3n) is 3.38. The molecule has 1 aliphatic rings. The maximum Gasteiger partial charge on any atom is 0.366 e. The number of esters is 1. The van der Waals surface area contributed by atoms with E-state index in [2.05, 4.69) is 10.1 Å². The van der Waals surface area contributed by atoms with Crippen molar-refractivity contribution in [3.05, 3.63) is 0 Å². The molecule has 0 aromatic heterocycles. The van der Waals surface area contributed by atoms with Crippen molar-refractivity contribution >= 4 is 11.9 Å². The van der Waals surface area contributed by atoms with E-state index in [0.717, 1.165) is 0 Å². The Labute approximate surface area is 127 Å². The summed E-state index contributed by atoms with van der Waals surface area (Å²) in [6, 6.07) is -1.10. The zero-order valence-electron chi connectivity index (χ0n) is 12.7. The lowest BCUT2D eigenvalue weighted by molar-refractivity contribution is -0.296. The van der Waals surface area contributed by atoms with E-state index in [1.807, 2.05) is 0 Å². The highest BCUT2D eigenvalue weighted by Crippen LogP contribution is 2.31. The Morgan fingerprint density at radius 1 is 1.45 bits per heavy atom. The fraction of sp³-hybridized carbons (Fsp3) is 0.846. The van der Waals surface area contributed by atoms with Gasteiger partial charge in [0.25, 0.3) is 5.79 Å². The van der Waals surface area contributed by atoms with E-state index in [1.54, 1.807) is 0 Å². The van der Waals surface area contributed by atoms with Crippen LogP contribution in [-0.4, -0.2) is 75.2 Å². The average Bonchev–Trinajstić information content (AvgIpc) is 2.40. The minimum absolute atomic E-state index is 0.0145. The van der Waals surface area contributed by atoms with Gasteiger partial charge >= 0.3 is 5.97 Å². The van der Waals surface area contributed by atoms with Crippen LogP contribution < -0.4 is 5.32 Å². The summed E-state index contributed by atoms with van der Waals surface area (Å²) in [7, 11) is 0. The summed E-state index contributed by atoms with van der Waals surface area (Å²) in [6.07, 6.45) is -6.15. The van der Waals surface area contributed by atoms with Crippen molar-refractivity contribution in [2.45, 2.75) is 63.4 Å². The van der Waals surface area contributed by atoms with Gasteiger partial charge in [0.15, 0.2) is 0 Å². The molecule has 0 aromatic carbocycles. The van der Waals surface area contributed by atoms with Gasteiger partial charge in [-0.15, -0.1) is 0 Å². The zero-order chi connectivity index (χ0) is 17.1. The predicted molar refractivity (Wildman–Crippen MR) is 72.4 cm³/mol. The van der Waals surface area contributed by atoms with Gasteiger partial charge in [-0.25, -0.2) is 4.79 Å². The topological polar surface area (TPSA) is 146 Å². The van der Waals surface area contributed by atoms with Crippen molar-refractivity contribution in [3.63, 3.8) is 0 Å². The molecular weight excluding hydrogens is 298 g/mol. The van der Waals surface area contributed by atoms with Crippen molar-refractivity contribution in [2.75, 3.05) is 6.61 Å². The van der Waals surface area contributed by atoms with E-state index in [0.29, 0.717) is 0 Å². The number of aliphatic hydroxyl groups is 4. The van der Waals surface area contributed by atoms with E-state index in [9.17, 15) is 30.0 Å². The summed E-state index contributed by atoms with van der Waals surface area (Å²) in [4.78, 5) is 23.0. The number of rotatable bonds is 5. The summed E-state index contributed by atoms with van der Waals surface area (Å²) in [5, 5.41) is 42.2. The number of nitrogens with one attached hydrogen (secondary N) is 1. The number of aliphatic hydroxyl groups excluding tert-OH is 3. The van der Waals surface area contributed by atoms with E-state index < -0.39 is 54.5 Å². The lowest BCUT2D eigenvalue weighted by Crippen LogP contribution is -2.67. The molecule has 9 nitrogen and oxygen atoms in total. The summed E-state index contributed by atoms with van der Waals surface area (Å²) < 4.78 is 9.87. The van der Waals surface area contributed by atoms with Gasteiger partial charge in [-0.2, -0.15) is 0 Å². The molecule has 1 saturated heterocycles. The van der Waals surface area contributed by atoms with E-state index in [4.69, 9.17) is 4.74 Å². The van der Waals surface area contributed by atoms with Crippen LogP contribution in [0, 0.1) is 0 Å². The number of carbonyl (C=O) groups is 2. The quantitative estimate of drug-likeness (QED) is 0.353. The number of carbonyl (C=O) groups excluding carboxylic acids is 2. The lowest BCUT2D eigenvalue weighted by atomic mass is 9.89. The molecule has 1 aliphatic heterocycles. The molecule has 1 heterocycles. The standard InChI is InChI=1S/C13H23NO8/c1-4-21-12(19)13(20)5-8(17)9(14-7(3)16)11(22-13)10(18)6(2)15/h6,8-11,15,17-18,20H,4-5H2,1-3H3,(H,14,16)/t6-,8+,9-,10-,11-,13?/m1/s1. The van der Waals surface area contributed by atoms with Gasteiger partial charge < -0.3 is 35.2 Å². The summed E-state index contributed by atoms with van der Waals surface area (Å²) in [6.45, 7) is 3.98. The normalized spacial score (nSPS) is 34.6.